The normalized spacial score (nSPS) is 17.5. The van der Waals surface area contributed by atoms with Crippen LogP contribution in [0, 0.1) is 0 Å². The first-order chi connectivity index (χ1) is 8.43. The molecular weight excluding hydrogens is 204 g/mol. The van der Waals surface area contributed by atoms with E-state index >= 15 is 0 Å². The zero-order valence-electron chi connectivity index (χ0n) is 9.58. The van der Waals surface area contributed by atoms with E-state index < -0.39 is 0 Å². The van der Waals surface area contributed by atoms with Crippen LogP contribution in [0.2, 0.25) is 0 Å². The fourth-order valence-corrected chi connectivity index (χ4v) is 2.22. The topological polar surface area (TPSA) is 0 Å². The fraction of sp³-hybridized carbons (Fsp3) is 0.0588. The van der Waals surface area contributed by atoms with Crippen molar-refractivity contribution in [2.75, 3.05) is 0 Å². The second-order valence-electron chi connectivity index (χ2n) is 4.28. The Labute approximate surface area is 102 Å². The van der Waals surface area contributed by atoms with Crippen molar-refractivity contribution in [3.63, 3.8) is 0 Å². The lowest BCUT2D eigenvalue weighted by Gasteiger charge is -2.05. The minimum absolute atomic E-state index is 0.423. The summed E-state index contributed by atoms with van der Waals surface area (Å²) in [6.07, 6.45) is 8.91. The molecule has 2 aromatic carbocycles. The van der Waals surface area contributed by atoms with Gasteiger partial charge in [0.2, 0.25) is 0 Å². The highest BCUT2D eigenvalue weighted by Gasteiger charge is 2.12. The molecule has 0 bridgehead atoms. The van der Waals surface area contributed by atoms with E-state index in [9.17, 15) is 0 Å². The number of hydrogen-bond donors (Lipinski definition) is 0. The van der Waals surface area contributed by atoms with E-state index in [1.165, 1.54) is 16.7 Å². The summed E-state index contributed by atoms with van der Waals surface area (Å²) in [7, 11) is 0. The molecule has 0 radical (unpaired) electrons. The zero-order chi connectivity index (χ0) is 11.5. The molecule has 82 valence electrons. The number of hydrogen-bond acceptors (Lipinski definition) is 0. The van der Waals surface area contributed by atoms with Gasteiger partial charge in [0.15, 0.2) is 0 Å². The third kappa shape index (κ3) is 2.07. The summed E-state index contributed by atoms with van der Waals surface area (Å²) >= 11 is 0. The van der Waals surface area contributed by atoms with Crippen LogP contribution >= 0.6 is 0 Å². The van der Waals surface area contributed by atoms with Crippen molar-refractivity contribution in [3.05, 3.63) is 83.4 Å². The Hall–Kier alpha value is -2.08. The molecule has 0 fully saturated rings. The highest BCUT2D eigenvalue weighted by Crippen LogP contribution is 2.31. The SMILES string of the molecule is C1=CC(/C=C/c2ccccc2)c2ccccc21. The van der Waals surface area contributed by atoms with Crippen molar-refractivity contribution in [1.82, 2.24) is 0 Å². The van der Waals surface area contributed by atoms with Crippen molar-refractivity contribution in [1.29, 1.82) is 0 Å². The van der Waals surface area contributed by atoms with E-state index in [2.05, 4.69) is 72.8 Å². The Morgan fingerprint density at radius 3 is 2.47 bits per heavy atom. The number of fused-ring (bicyclic) bond motifs is 1. The van der Waals surface area contributed by atoms with Crippen molar-refractivity contribution in [3.8, 4) is 0 Å². The lowest BCUT2D eigenvalue weighted by Crippen LogP contribution is -1.87. The molecule has 0 saturated carbocycles. The molecule has 0 aromatic heterocycles. The quantitative estimate of drug-likeness (QED) is 0.695. The first-order valence-corrected chi connectivity index (χ1v) is 5.94. The van der Waals surface area contributed by atoms with Crippen LogP contribution in [0.1, 0.15) is 22.6 Å². The van der Waals surface area contributed by atoms with Crippen LogP contribution < -0.4 is 0 Å². The van der Waals surface area contributed by atoms with Gasteiger partial charge >= 0.3 is 0 Å². The lowest BCUT2D eigenvalue weighted by molar-refractivity contribution is 1.12. The Morgan fingerprint density at radius 2 is 1.59 bits per heavy atom. The fourth-order valence-electron chi connectivity index (χ4n) is 2.22. The van der Waals surface area contributed by atoms with E-state index in [0.717, 1.165) is 0 Å². The molecule has 0 heterocycles. The van der Waals surface area contributed by atoms with E-state index in [1.54, 1.807) is 0 Å². The molecule has 0 heteroatoms. The van der Waals surface area contributed by atoms with Crippen LogP contribution in [0.4, 0.5) is 0 Å². The van der Waals surface area contributed by atoms with Gasteiger partial charge in [-0.25, -0.2) is 0 Å². The molecule has 1 atom stereocenters. The molecule has 2 aromatic rings. The van der Waals surface area contributed by atoms with Crippen LogP contribution in [0.3, 0.4) is 0 Å². The van der Waals surface area contributed by atoms with E-state index in [0.29, 0.717) is 5.92 Å². The molecule has 0 amide bonds. The van der Waals surface area contributed by atoms with Crippen molar-refractivity contribution >= 4 is 12.2 Å². The van der Waals surface area contributed by atoms with Crippen molar-refractivity contribution in [2.45, 2.75) is 5.92 Å². The van der Waals surface area contributed by atoms with Gasteiger partial charge in [-0.2, -0.15) is 0 Å². The average Bonchev–Trinajstić information content (AvgIpc) is 2.81. The van der Waals surface area contributed by atoms with Gasteiger partial charge in [-0.3, -0.25) is 0 Å². The summed E-state index contributed by atoms with van der Waals surface area (Å²) in [4.78, 5) is 0. The second kappa shape index (κ2) is 4.42. The maximum absolute atomic E-state index is 2.26. The van der Waals surface area contributed by atoms with E-state index in [-0.39, 0.29) is 0 Å². The lowest BCUT2D eigenvalue weighted by atomic mass is 9.99. The molecule has 0 aliphatic heterocycles. The Balaban J connectivity index is 1.85. The summed E-state index contributed by atoms with van der Waals surface area (Å²) < 4.78 is 0. The van der Waals surface area contributed by atoms with Crippen LogP contribution in [-0.4, -0.2) is 0 Å². The molecule has 17 heavy (non-hydrogen) atoms. The van der Waals surface area contributed by atoms with E-state index in [4.69, 9.17) is 0 Å². The number of rotatable bonds is 2. The van der Waals surface area contributed by atoms with Crippen LogP contribution in [0.25, 0.3) is 12.2 Å². The number of benzene rings is 2. The largest absolute Gasteiger partial charge is 0.0726 e. The first-order valence-electron chi connectivity index (χ1n) is 5.94. The third-order valence-electron chi connectivity index (χ3n) is 3.13. The van der Waals surface area contributed by atoms with Gasteiger partial charge in [-0.15, -0.1) is 0 Å². The Morgan fingerprint density at radius 1 is 0.824 bits per heavy atom. The molecule has 0 saturated heterocycles. The number of allylic oxidation sites excluding steroid dienone is 2. The molecule has 0 spiro atoms. The highest BCUT2D eigenvalue weighted by atomic mass is 14.2. The molecule has 1 aliphatic rings. The summed E-state index contributed by atoms with van der Waals surface area (Å²) in [6, 6.07) is 19.0. The van der Waals surface area contributed by atoms with Gasteiger partial charge in [-0.05, 0) is 16.7 Å². The Kier molecular flexibility index (Phi) is 2.63. The smallest absolute Gasteiger partial charge is 0.0211 e. The van der Waals surface area contributed by atoms with Gasteiger partial charge in [-0.1, -0.05) is 78.9 Å². The van der Waals surface area contributed by atoms with E-state index in [1.807, 2.05) is 6.07 Å². The molecule has 3 rings (SSSR count). The van der Waals surface area contributed by atoms with Gasteiger partial charge in [0.25, 0.3) is 0 Å². The van der Waals surface area contributed by atoms with Gasteiger partial charge in [0.05, 0.1) is 0 Å². The molecule has 1 aliphatic carbocycles. The van der Waals surface area contributed by atoms with Crippen molar-refractivity contribution < 1.29 is 0 Å². The van der Waals surface area contributed by atoms with Crippen LogP contribution in [0.15, 0.2) is 66.7 Å². The molecular formula is C17H14. The monoisotopic (exact) mass is 218 g/mol. The van der Waals surface area contributed by atoms with Gasteiger partial charge in [0.1, 0.15) is 0 Å². The van der Waals surface area contributed by atoms with Crippen LogP contribution in [-0.2, 0) is 0 Å². The summed E-state index contributed by atoms with van der Waals surface area (Å²) in [6.45, 7) is 0. The summed E-state index contributed by atoms with van der Waals surface area (Å²) in [5.41, 5.74) is 4.00. The van der Waals surface area contributed by atoms with Crippen molar-refractivity contribution in [2.24, 2.45) is 0 Å². The maximum Gasteiger partial charge on any atom is 0.0211 e. The standard InChI is InChI=1S/C17H14/c1-2-6-14(7-3-1)10-11-16-13-12-15-8-4-5-9-17(15)16/h1-13,16H/b11-10+. The predicted molar refractivity (Wildman–Crippen MR) is 73.7 cm³/mol. The van der Waals surface area contributed by atoms with Crippen LogP contribution in [0.5, 0.6) is 0 Å². The molecule has 0 N–H and O–H groups in total. The Bertz CT molecular complexity index is 562. The minimum Gasteiger partial charge on any atom is -0.0726 e. The highest BCUT2D eigenvalue weighted by molar-refractivity contribution is 5.65. The third-order valence-corrected chi connectivity index (χ3v) is 3.13. The summed E-state index contributed by atoms with van der Waals surface area (Å²) in [5.74, 6) is 0.423. The van der Waals surface area contributed by atoms with Gasteiger partial charge in [0, 0.05) is 5.92 Å². The molecule has 0 nitrogen and oxygen atoms in total. The maximum atomic E-state index is 2.26. The second-order valence-corrected chi connectivity index (χ2v) is 4.28. The summed E-state index contributed by atoms with van der Waals surface area (Å²) in [5, 5.41) is 0. The van der Waals surface area contributed by atoms with Gasteiger partial charge < -0.3 is 0 Å². The molecule has 1 unspecified atom stereocenters. The first kappa shape index (κ1) is 10.1. The minimum atomic E-state index is 0.423. The predicted octanol–water partition coefficient (Wildman–Crippen LogP) is 4.51. The average molecular weight is 218 g/mol. The zero-order valence-corrected chi connectivity index (χ0v) is 9.58.